The van der Waals surface area contributed by atoms with Crippen molar-refractivity contribution in [3.63, 3.8) is 0 Å². The molecule has 2 rings (SSSR count). The molecule has 17 heavy (non-hydrogen) atoms. The van der Waals surface area contributed by atoms with Crippen LogP contribution in [-0.4, -0.2) is 14.9 Å². The van der Waals surface area contributed by atoms with E-state index in [1.807, 2.05) is 17.8 Å². The van der Waals surface area contributed by atoms with Gasteiger partial charge in [-0.15, -0.1) is 0 Å². The molecule has 2 nitrogen and oxygen atoms in total. The highest BCUT2D eigenvalue weighted by atomic mass is 32.2. The van der Waals surface area contributed by atoms with Gasteiger partial charge >= 0.3 is 0 Å². The van der Waals surface area contributed by atoms with E-state index in [1.54, 1.807) is 6.07 Å². The van der Waals surface area contributed by atoms with E-state index >= 15 is 0 Å². The lowest BCUT2D eigenvalue weighted by molar-refractivity contribution is 0.481. The molecule has 0 fully saturated rings. The summed E-state index contributed by atoms with van der Waals surface area (Å²) in [6.07, 6.45) is 0. The number of benzene rings is 1. The highest BCUT2D eigenvalue weighted by Crippen LogP contribution is 2.30. The highest BCUT2D eigenvalue weighted by Gasteiger charge is 2.10. The Morgan fingerprint density at radius 2 is 2.12 bits per heavy atom. The van der Waals surface area contributed by atoms with E-state index in [1.165, 1.54) is 5.69 Å². The maximum absolute atomic E-state index is 9.86. The number of aromatic hydroxyl groups is 1. The summed E-state index contributed by atoms with van der Waals surface area (Å²) in [5.74, 6) is 1.38. The fraction of sp³-hybridized carbons (Fsp3) is 0.429. The summed E-state index contributed by atoms with van der Waals surface area (Å²) in [5, 5.41) is 11.5. The topological polar surface area (TPSA) is 25.2 Å². The average molecular weight is 249 g/mol. The smallest absolute Gasteiger partial charge is 0.124 e. The minimum Gasteiger partial charge on any atom is -0.507 e. The number of phenolic OH excluding ortho intramolecular Hbond substituents is 1. The number of hydrogen-bond acceptors (Lipinski definition) is 2. The van der Waals surface area contributed by atoms with Crippen LogP contribution in [0.25, 0.3) is 10.9 Å². The molecule has 0 unspecified atom stereocenters. The molecular weight excluding hydrogens is 230 g/mol. The average Bonchev–Trinajstić information content (AvgIpc) is 2.65. The Morgan fingerprint density at radius 3 is 2.76 bits per heavy atom. The van der Waals surface area contributed by atoms with Crippen molar-refractivity contribution in [3.05, 3.63) is 30.0 Å². The van der Waals surface area contributed by atoms with Gasteiger partial charge in [-0.05, 0) is 30.4 Å². The van der Waals surface area contributed by atoms with Crippen LogP contribution in [0.15, 0.2) is 24.3 Å². The van der Waals surface area contributed by atoms with Crippen LogP contribution in [0.3, 0.4) is 0 Å². The van der Waals surface area contributed by atoms with Gasteiger partial charge in [-0.3, -0.25) is 0 Å². The van der Waals surface area contributed by atoms with Crippen molar-refractivity contribution in [3.8, 4) is 5.75 Å². The molecule has 2 aromatic rings. The van der Waals surface area contributed by atoms with Crippen molar-refractivity contribution >= 4 is 22.7 Å². The van der Waals surface area contributed by atoms with Crippen molar-refractivity contribution in [2.75, 3.05) is 0 Å². The molecule has 1 aromatic carbocycles. The summed E-state index contributed by atoms with van der Waals surface area (Å²) in [7, 11) is 0. The second-order valence-electron chi connectivity index (χ2n) is 4.45. The molecule has 0 spiro atoms. The van der Waals surface area contributed by atoms with E-state index < -0.39 is 0 Å². The van der Waals surface area contributed by atoms with E-state index in [9.17, 15) is 5.11 Å². The Balaban J connectivity index is 2.44. The maximum atomic E-state index is 9.86. The van der Waals surface area contributed by atoms with Gasteiger partial charge in [-0.2, -0.15) is 11.8 Å². The summed E-state index contributed by atoms with van der Waals surface area (Å²) < 4.78 is 2.28. The summed E-state index contributed by atoms with van der Waals surface area (Å²) in [4.78, 5) is 0. The van der Waals surface area contributed by atoms with Gasteiger partial charge in [0, 0.05) is 23.4 Å². The number of nitrogens with zero attached hydrogens (tertiary/aromatic N) is 1. The molecule has 0 amide bonds. The predicted octanol–water partition coefficient (Wildman–Crippen LogP) is 4.01. The normalized spacial score (nSPS) is 11.5. The summed E-state index contributed by atoms with van der Waals surface area (Å²) in [5.41, 5.74) is 2.43. The molecule has 1 heterocycles. The Hall–Kier alpha value is -1.09. The van der Waals surface area contributed by atoms with E-state index in [4.69, 9.17) is 0 Å². The molecule has 0 radical (unpaired) electrons. The molecule has 92 valence electrons. The molecule has 0 saturated carbocycles. The number of fused-ring (bicyclic) bond motifs is 1. The fourth-order valence-electron chi connectivity index (χ4n) is 2.07. The molecule has 3 heteroatoms. The van der Waals surface area contributed by atoms with Crippen LogP contribution in [0.4, 0.5) is 0 Å². The first-order valence-electron chi connectivity index (χ1n) is 6.05. The van der Waals surface area contributed by atoms with Gasteiger partial charge in [0.1, 0.15) is 5.75 Å². The lowest BCUT2D eigenvalue weighted by atomic mass is 10.2. The minimum absolute atomic E-state index is 0.380. The highest BCUT2D eigenvalue weighted by molar-refractivity contribution is 7.99. The number of rotatable bonds is 4. The molecule has 0 atom stereocenters. The van der Waals surface area contributed by atoms with Gasteiger partial charge in [-0.1, -0.05) is 19.9 Å². The van der Waals surface area contributed by atoms with Crippen molar-refractivity contribution in [1.82, 2.24) is 4.57 Å². The quantitative estimate of drug-likeness (QED) is 0.885. The standard InChI is InChI=1S/C14H19NOS/c1-4-15-11(9-17-10(2)3)8-12-13(15)6-5-7-14(12)16/h5-8,10,16H,4,9H2,1-3H3. The third-order valence-corrected chi connectivity index (χ3v) is 4.02. The number of aromatic nitrogens is 1. The Morgan fingerprint density at radius 1 is 1.35 bits per heavy atom. The first kappa shape index (κ1) is 12.4. The molecule has 1 aromatic heterocycles. The summed E-state index contributed by atoms with van der Waals surface area (Å²) in [6, 6.07) is 7.84. The first-order chi connectivity index (χ1) is 8.13. The van der Waals surface area contributed by atoms with Gasteiger partial charge in [-0.25, -0.2) is 0 Å². The zero-order chi connectivity index (χ0) is 12.4. The largest absolute Gasteiger partial charge is 0.507 e. The van der Waals surface area contributed by atoms with Gasteiger partial charge in [0.15, 0.2) is 0 Å². The lowest BCUT2D eigenvalue weighted by Crippen LogP contribution is -2.00. The minimum atomic E-state index is 0.380. The monoisotopic (exact) mass is 249 g/mol. The number of hydrogen-bond donors (Lipinski definition) is 1. The van der Waals surface area contributed by atoms with Crippen LogP contribution in [0, 0.1) is 0 Å². The SMILES string of the molecule is CCn1c(CSC(C)C)cc2c(O)cccc21. The van der Waals surface area contributed by atoms with Crippen LogP contribution in [0.2, 0.25) is 0 Å². The van der Waals surface area contributed by atoms with E-state index in [2.05, 4.69) is 37.5 Å². The molecule has 0 saturated heterocycles. The lowest BCUT2D eigenvalue weighted by Gasteiger charge is -2.09. The van der Waals surface area contributed by atoms with Gasteiger partial charge in [0.25, 0.3) is 0 Å². The van der Waals surface area contributed by atoms with Crippen LogP contribution in [0.1, 0.15) is 26.5 Å². The Kier molecular flexibility index (Phi) is 3.67. The number of aryl methyl sites for hydroxylation is 1. The van der Waals surface area contributed by atoms with Crippen LogP contribution < -0.4 is 0 Å². The third-order valence-electron chi connectivity index (χ3n) is 2.89. The van der Waals surface area contributed by atoms with Crippen molar-refractivity contribution in [2.24, 2.45) is 0 Å². The second kappa shape index (κ2) is 5.05. The van der Waals surface area contributed by atoms with Gasteiger partial charge in [0.05, 0.1) is 5.52 Å². The van der Waals surface area contributed by atoms with Crippen molar-refractivity contribution < 1.29 is 5.11 Å². The second-order valence-corrected chi connectivity index (χ2v) is 6.01. The zero-order valence-corrected chi connectivity index (χ0v) is 11.4. The van der Waals surface area contributed by atoms with E-state index in [-0.39, 0.29) is 0 Å². The Bertz CT molecular complexity index is 516. The third kappa shape index (κ3) is 2.44. The molecule has 1 N–H and O–H groups in total. The first-order valence-corrected chi connectivity index (χ1v) is 7.10. The molecular formula is C14H19NOS. The molecule has 0 bridgehead atoms. The van der Waals surface area contributed by atoms with Gasteiger partial charge < -0.3 is 9.67 Å². The predicted molar refractivity (Wildman–Crippen MR) is 75.7 cm³/mol. The van der Waals surface area contributed by atoms with Crippen molar-refractivity contribution in [2.45, 2.75) is 38.3 Å². The van der Waals surface area contributed by atoms with Crippen molar-refractivity contribution in [1.29, 1.82) is 0 Å². The zero-order valence-electron chi connectivity index (χ0n) is 10.6. The molecule has 0 aliphatic heterocycles. The van der Waals surface area contributed by atoms with E-state index in [0.29, 0.717) is 11.0 Å². The Labute approximate surface area is 107 Å². The summed E-state index contributed by atoms with van der Waals surface area (Å²) in [6.45, 7) is 7.51. The number of thioether (sulfide) groups is 1. The maximum Gasteiger partial charge on any atom is 0.124 e. The summed E-state index contributed by atoms with van der Waals surface area (Å²) >= 11 is 1.93. The van der Waals surface area contributed by atoms with E-state index in [0.717, 1.165) is 23.2 Å². The van der Waals surface area contributed by atoms with Crippen LogP contribution in [-0.2, 0) is 12.3 Å². The molecule has 0 aliphatic rings. The van der Waals surface area contributed by atoms with Crippen LogP contribution >= 0.6 is 11.8 Å². The number of phenols is 1. The van der Waals surface area contributed by atoms with Gasteiger partial charge in [0.2, 0.25) is 0 Å². The fourth-order valence-corrected chi connectivity index (χ4v) is 2.81. The van der Waals surface area contributed by atoms with Crippen LogP contribution in [0.5, 0.6) is 5.75 Å². The molecule has 0 aliphatic carbocycles.